The van der Waals surface area contributed by atoms with Crippen LogP contribution in [0, 0.1) is 5.92 Å². The molecule has 0 aliphatic heterocycles. The molecule has 0 radical (unpaired) electrons. The van der Waals surface area contributed by atoms with Gasteiger partial charge in [0.1, 0.15) is 5.78 Å². The van der Waals surface area contributed by atoms with E-state index in [1.165, 1.54) is 0 Å². The molecule has 0 aromatic heterocycles. The zero-order valence-corrected chi connectivity index (χ0v) is 13.9. The number of ketones is 1. The lowest BCUT2D eigenvalue weighted by Gasteiger charge is -2.12. The Morgan fingerprint density at radius 1 is 1.00 bits per heavy atom. The molecule has 1 atom stereocenters. The number of thioether (sulfide) groups is 1. The number of aliphatic carboxylic acids is 1. The Morgan fingerprint density at radius 2 is 1.65 bits per heavy atom. The van der Waals surface area contributed by atoms with Crippen LogP contribution in [-0.4, -0.2) is 23.1 Å². The Hall–Kier alpha value is -2.07. The molecule has 0 aliphatic carbocycles. The van der Waals surface area contributed by atoms with E-state index in [4.69, 9.17) is 0 Å². The third-order valence-electron chi connectivity index (χ3n) is 3.71. The molecule has 0 aliphatic rings. The van der Waals surface area contributed by atoms with E-state index in [9.17, 15) is 14.7 Å². The normalized spacial score (nSPS) is 11.9. The minimum atomic E-state index is -0.917. The van der Waals surface area contributed by atoms with Gasteiger partial charge in [0.15, 0.2) is 0 Å². The van der Waals surface area contributed by atoms with Gasteiger partial charge in [-0.25, -0.2) is 0 Å². The van der Waals surface area contributed by atoms with Gasteiger partial charge in [-0.3, -0.25) is 9.59 Å². The van der Waals surface area contributed by atoms with Gasteiger partial charge < -0.3 is 5.11 Å². The van der Waals surface area contributed by atoms with Crippen molar-refractivity contribution in [2.45, 2.75) is 24.2 Å². The molecule has 0 saturated heterocycles. The molecule has 0 amide bonds. The molecular formula is C19H20O3S. The summed E-state index contributed by atoms with van der Waals surface area (Å²) in [4.78, 5) is 24.8. The van der Waals surface area contributed by atoms with E-state index in [0.717, 1.165) is 16.0 Å². The molecule has 2 aromatic carbocycles. The lowest BCUT2D eigenvalue weighted by atomic mass is 9.92. The quantitative estimate of drug-likeness (QED) is 0.748. The third-order valence-corrected chi connectivity index (χ3v) is 4.45. The summed E-state index contributed by atoms with van der Waals surface area (Å²) in [5.41, 5.74) is 1.87. The molecular weight excluding hydrogens is 308 g/mol. The average Bonchev–Trinajstić information content (AvgIpc) is 2.56. The molecule has 2 rings (SSSR count). The van der Waals surface area contributed by atoms with Crippen molar-refractivity contribution >= 4 is 23.5 Å². The van der Waals surface area contributed by atoms with Gasteiger partial charge in [0, 0.05) is 17.7 Å². The fraction of sp³-hybridized carbons (Fsp3) is 0.263. The van der Waals surface area contributed by atoms with Crippen molar-refractivity contribution < 1.29 is 14.7 Å². The van der Waals surface area contributed by atoms with Crippen LogP contribution in [0.3, 0.4) is 0 Å². The number of hydrogen-bond donors (Lipinski definition) is 1. The van der Waals surface area contributed by atoms with E-state index in [2.05, 4.69) is 0 Å². The molecule has 4 heteroatoms. The van der Waals surface area contributed by atoms with Crippen molar-refractivity contribution in [1.29, 1.82) is 0 Å². The average molecular weight is 328 g/mol. The monoisotopic (exact) mass is 328 g/mol. The number of Topliss-reactive ketones (excluding diaryl/α,β-unsaturated/α-hetero) is 1. The fourth-order valence-corrected chi connectivity index (χ4v) is 2.87. The van der Waals surface area contributed by atoms with Crippen molar-refractivity contribution in [1.82, 2.24) is 0 Å². The number of carbonyl (C=O) groups excluding carboxylic acids is 1. The highest BCUT2D eigenvalue weighted by atomic mass is 32.2. The first-order chi connectivity index (χ1) is 11.1. The second-order valence-electron chi connectivity index (χ2n) is 5.49. The second kappa shape index (κ2) is 8.53. The highest BCUT2D eigenvalue weighted by Gasteiger charge is 2.21. The van der Waals surface area contributed by atoms with Crippen molar-refractivity contribution in [3.63, 3.8) is 0 Å². The van der Waals surface area contributed by atoms with Gasteiger partial charge in [-0.2, -0.15) is 0 Å². The van der Waals surface area contributed by atoms with Crippen LogP contribution < -0.4 is 0 Å². The van der Waals surface area contributed by atoms with Crippen LogP contribution in [0.2, 0.25) is 0 Å². The number of hydrogen-bond acceptors (Lipinski definition) is 3. The molecule has 0 spiro atoms. The lowest BCUT2D eigenvalue weighted by Crippen LogP contribution is -2.21. The summed E-state index contributed by atoms with van der Waals surface area (Å²) in [6.07, 6.45) is 2.73. The zero-order valence-electron chi connectivity index (χ0n) is 13.1. The molecule has 3 nitrogen and oxygen atoms in total. The summed E-state index contributed by atoms with van der Waals surface area (Å²) in [5, 5.41) is 9.36. The maximum atomic E-state index is 12.2. The number of carboxylic acid groups (broad SMARTS) is 1. The molecule has 0 heterocycles. The van der Waals surface area contributed by atoms with E-state index < -0.39 is 11.9 Å². The Morgan fingerprint density at radius 3 is 2.22 bits per heavy atom. The topological polar surface area (TPSA) is 54.4 Å². The van der Waals surface area contributed by atoms with E-state index in [1.54, 1.807) is 11.8 Å². The van der Waals surface area contributed by atoms with Gasteiger partial charge >= 0.3 is 5.97 Å². The van der Waals surface area contributed by atoms with Gasteiger partial charge in [-0.15, -0.1) is 11.8 Å². The first-order valence-corrected chi connectivity index (χ1v) is 8.72. The number of benzene rings is 2. The smallest absolute Gasteiger partial charge is 0.307 e. The van der Waals surface area contributed by atoms with E-state index in [0.29, 0.717) is 6.42 Å². The minimum Gasteiger partial charge on any atom is -0.481 e. The predicted octanol–water partition coefficient (Wildman–Crippen LogP) is 3.85. The highest BCUT2D eigenvalue weighted by Crippen LogP contribution is 2.17. The standard InChI is InChI=1S/C19H20O3S/c1-23-18-9-7-15(8-10-18)12-17(20)13-16(19(21)22)11-14-5-3-2-4-6-14/h2-10,16H,11-13H2,1H3,(H,21,22)/t16-/m1/s1. The molecule has 0 fully saturated rings. The summed E-state index contributed by atoms with van der Waals surface area (Å²) < 4.78 is 0. The van der Waals surface area contributed by atoms with Crippen LogP contribution in [0.4, 0.5) is 0 Å². The van der Waals surface area contributed by atoms with Crippen LogP contribution in [0.25, 0.3) is 0 Å². The third kappa shape index (κ3) is 5.57. The maximum Gasteiger partial charge on any atom is 0.307 e. The van der Waals surface area contributed by atoms with Crippen LogP contribution in [0.1, 0.15) is 17.5 Å². The molecule has 0 bridgehead atoms. The maximum absolute atomic E-state index is 12.2. The summed E-state index contributed by atoms with van der Waals surface area (Å²) >= 11 is 1.65. The Bertz CT molecular complexity index is 650. The molecule has 0 saturated carbocycles. The molecule has 2 aromatic rings. The van der Waals surface area contributed by atoms with Gasteiger partial charge in [0.2, 0.25) is 0 Å². The van der Waals surface area contributed by atoms with Gasteiger partial charge in [0.25, 0.3) is 0 Å². The van der Waals surface area contributed by atoms with E-state index in [-0.39, 0.29) is 18.6 Å². The molecule has 23 heavy (non-hydrogen) atoms. The summed E-state index contributed by atoms with van der Waals surface area (Å²) in [6, 6.07) is 17.2. The highest BCUT2D eigenvalue weighted by molar-refractivity contribution is 7.98. The van der Waals surface area contributed by atoms with Crippen LogP contribution in [0.15, 0.2) is 59.5 Å². The van der Waals surface area contributed by atoms with Crippen LogP contribution in [-0.2, 0) is 22.4 Å². The molecule has 0 unspecified atom stereocenters. The van der Waals surface area contributed by atoms with Gasteiger partial charge in [-0.1, -0.05) is 42.5 Å². The lowest BCUT2D eigenvalue weighted by molar-refractivity contribution is -0.143. The van der Waals surface area contributed by atoms with Gasteiger partial charge in [0.05, 0.1) is 5.92 Å². The molecule has 1 N–H and O–H groups in total. The largest absolute Gasteiger partial charge is 0.481 e. The zero-order chi connectivity index (χ0) is 16.7. The summed E-state index contributed by atoms with van der Waals surface area (Å²) in [6.45, 7) is 0. The Balaban J connectivity index is 1.96. The van der Waals surface area contributed by atoms with Crippen molar-refractivity contribution in [2.24, 2.45) is 5.92 Å². The summed E-state index contributed by atoms with van der Waals surface area (Å²) in [5.74, 6) is -1.62. The fourth-order valence-electron chi connectivity index (χ4n) is 2.46. The van der Waals surface area contributed by atoms with Crippen molar-refractivity contribution in [2.75, 3.05) is 6.26 Å². The number of carboxylic acids is 1. The molecule has 120 valence electrons. The first kappa shape index (κ1) is 17.3. The predicted molar refractivity (Wildman–Crippen MR) is 92.8 cm³/mol. The number of rotatable bonds is 8. The Labute approximate surface area is 140 Å². The Kier molecular flexibility index (Phi) is 6.41. The van der Waals surface area contributed by atoms with Crippen LogP contribution >= 0.6 is 11.8 Å². The first-order valence-electron chi connectivity index (χ1n) is 7.50. The van der Waals surface area contributed by atoms with E-state index in [1.807, 2.05) is 60.9 Å². The van der Waals surface area contributed by atoms with Gasteiger partial charge in [-0.05, 0) is 35.9 Å². The van der Waals surface area contributed by atoms with Crippen LogP contribution in [0.5, 0.6) is 0 Å². The minimum absolute atomic E-state index is 0.0368. The van der Waals surface area contributed by atoms with E-state index >= 15 is 0 Å². The second-order valence-corrected chi connectivity index (χ2v) is 6.37. The summed E-state index contributed by atoms with van der Waals surface area (Å²) in [7, 11) is 0. The van der Waals surface area contributed by atoms with Crippen molar-refractivity contribution in [3.05, 3.63) is 65.7 Å². The number of carbonyl (C=O) groups is 2. The van der Waals surface area contributed by atoms with Crippen molar-refractivity contribution in [3.8, 4) is 0 Å². The SMILES string of the molecule is CSc1ccc(CC(=O)C[C@@H](Cc2ccccc2)C(=O)O)cc1.